The first-order valence-corrected chi connectivity index (χ1v) is 8.80. The molecule has 0 fully saturated rings. The molecule has 0 aliphatic heterocycles. The second kappa shape index (κ2) is 6.01. The van der Waals surface area contributed by atoms with E-state index in [0.29, 0.717) is 28.7 Å². The van der Waals surface area contributed by atoms with E-state index in [0.717, 1.165) is 6.26 Å². The standard InChI is InChI=1S/C17H12FNO4S/c1-24(21,22)14-8-4-11(5-9-14)16-15(10-20)23-19-17(16)12-2-6-13(18)7-3-12/h2-10H,1H3. The van der Waals surface area contributed by atoms with Gasteiger partial charge in [-0.2, -0.15) is 0 Å². The minimum Gasteiger partial charge on any atom is -0.352 e. The molecular formula is C17H12FNO4S. The Labute approximate surface area is 137 Å². The summed E-state index contributed by atoms with van der Waals surface area (Å²) >= 11 is 0. The van der Waals surface area contributed by atoms with Gasteiger partial charge in [0.15, 0.2) is 16.1 Å². The molecule has 1 heterocycles. The molecule has 3 aromatic rings. The Hall–Kier alpha value is -2.80. The molecule has 122 valence electrons. The quantitative estimate of drug-likeness (QED) is 0.678. The molecule has 0 radical (unpaired) electrons. The van der Waals surface area contributed by atoms with Gasteiger partial charge in [0.05, 0.1) is 10.5 Å². The van der Waals surface area contributed by atoms with E-state index >= 15 is 0 Å². The molecule has 0 atom stereocenters. The number of carbonyl (C=O) groups excluding carboxylic acids is 1. The molecule has 0 aliphatic carbocycles. The van der Waals surface area contributed by atoms with Crippen LogP contribution in [0.1, 0.15) is 10.6 Å². The lowest BCUT2D eigenvalue weighted by atomic mass is 9.99. The minimum absolute atomic E-state index is 0.0152. The van der Waals surface area contributed by atoms with Crippen molar-refractivity contribution < 1.29 is 22.1 Å². The number of aromatic nitrogens is 1. The summed E-state index contributed by atoms with van der Waals surface area (Å²) in [5, 5.41) is 3.89. The predicted molar refractivity (Wildman–Crippen MR) is 85.8 cm³/mol. The maximum absolute atomic E-state index is 13.1. The van der Waals surface area contributed by atoms with Gasteiger partial charge in [-0.1, -0.05) is 17.3 Å². The summed E-state index contributed by atoms with van der Waals surface area (Å²) in [4.78, 5) is 11.4. The number of benzene rings is 2. The minimum atomic E-state index is -3.32. The van der Waals surface area contributed by atoms with Gasteiger partial charge >= 0.3 is 0 Å². The van der Waals surface area contributed by atoms with Gasteiger partial charge in [0.25, 0.3) is 0 Å². The summed E-state index contributed by atoms with van der Waals surface area (Å²) in [5.41, 5.74) is 1.96. The first-order valence-electron chi connectivity index (χ1n) is 6.91. The second-order valence-corrected chi connectivity index (χ2v) is 7.21. The number of halogens is 1. The maximum atomic E-state index is 13.1. The van der Waals surface area contributed by atoms with Crippen LogP contribution in [0.5, 0.6) is 0 Å². The highest BCUT2D eigenvalue weighted by Crippen LogP contribution is 2.34. The van der Waals surface area contributed by atoms with Crippen molar-refractivity contribution in [1.82, 2.24) is 5.16 Å². The van der Waals surface area contributed by atoms with Gasteiger partial charge in [-0.3, -0.25) is 4.79 Å². The van der Waals surface area contributed by atoms with Crippen LogP contribution in [0.2, 0.25) is 0 Å². The molecule has 1 aromatic heterocycles. The Kier molecular flexibility index (Phi) is 4.02. The first kappa shape index (κ1) is 16.1. The summed E-state index contributed by atoms with van der Waals surface area (Å²) in [7, 11) is -3.32. The van der Waals surface area contributed by atoms with E-state index in [1.807, 2.05) is 0 Å². The smallest absolute Gasteiger partial charge is 0.207 e. The van der Waals surface area contributed by atoms with Crippen LogP contribution < -0.4 is 0 Å². The van der Waals surface area contributed by atoms with E-state index in [2.05, 4.69) is 5.16 Å². The highest BCUT2D eigenvalue weighted by Gasteiger charge is 2.19. The summed E-state index contributed by atoms with van der Waals surface area (Å²) in [6, 6.07) is 11.6. The van der Waals surface area contributed by atoms with Gasteiger partial charge in [0, 0.05) is 11.8 Å². The lowest BCUT2D eigenvalue weighted by molar-refractivity contribution is 0.109. The Morgan fingerprint density at radius 1 is 1.00 bits per heavy atom. The van der Waals surface area contributed by atoms with Crippen LogP contribution in [0, 0.1) is 5.82 Å². The van der Waals surface area contributed by atoms with Crippen molar-refractivity contribution in [2.24, 2.45) is 0 Å². The van der Waals surface area contributed by atoms with Gasteiger partial charge in [0.2, 0.25) is 5.76 Å². The average molecular weight is 345 g/mol. The highest BCUT2D eigenvalue weighted by atomic mass is 32.2. The summed E-state index contributed by atoms with van der Waals surface area (Å²) in [6.07, 6.45) is 1.64. The van der Waals surface area contributed by atoms with Crippen molar-refractivity contribution in [3.05, 3.63) is 60.1 Å². The van der Waals surface area contributed by atoms with Crippen molar-refractivity contribution >= 4 is 16.1 Å². The highest BCUT2D eigenvalue weighted by molar-refractivity contribution is 7.90. The van der Waals surface area contributed by atoms with Crippen LogP contribution in [-0.4, -0.2) is 26.1 Å². The lowest BCUT2D eigenvalue weighted by Gasteiger charge is -2.04. The molecule has 2 aromatic carbocycles. The van der Waals surface area contributed by atoms with Crippen LogP contribution in [0.3, 0.4) is 0 Å². The number of sulfone groups is 1. The largest absolute Gasteiger partial charge is 0.352 e. The molecule has 5 nitrogen and oxygen atoms in total. The van der Waals surface area contributed by atoms with Crippen LogP contribution in [-0.2, 0) is 9.84 Å². The number of aldehydes is 1. The van der Waals surface area contributed by atoms with Crippen LogP contribution in [0.4, 0.5) is 4.39 Å². The van der Waals surface area contributed by atoms with Gasteiger partial charge in [-0.15, -0.1) is 0 Å². The zero-order valence-electron chi connectivity index (χ0n) is 12.6. The first-order chi connectivity index (χ1) is 11.4. The Morgan fingerprint density at radius 3 is 2.12 bits per heavy atom. The van der Waals surface area contributed by atoms with E-state index in [9.17, 15) is 17.6 Å². The molecule has 7 heteroatoms. The van der Waals surface area contributed by atoms with Gasteiger partial charge in [-0.05, 0) is 42.0 Å². The van der Waals surface area contributed by atoms with Gasteiger partial charge in [-0.25, -0.2) is 12.8 Å². The van der Waals surface area contributed by atoms with Crippen molar-refractivity contribution in [3.63, 3.8) is 0 Å². The third-order valence-corrected chi connectivity index (χ3v) is 4.64. The fourth-order valence-electron chi connectivity index (χ4n) is 2.34. The van der Waals surface area contributed by atoms with E-state index < -0.39 is 15.7 Å². The number of rotatable bonds is 4. The average Bonchev–Trinajstić information content (AvgIpc) is 2.99. The molecule has 0 saturated carbocycles. The Bertz CT molecular complexity index is 990. The summed E-state index contributed by atoms with van der Waals surface area (Å²) in [6.45, 7) is 0. The molecule has 0 spiro atoms. The zero-order chi connectivity index (χ0) is 17.3. The topological polar surface area (TPSA) is 77.2 Å². The molecule has 3 rings (SSSR count). The molecule has 0 aliphatic rings. The van der Waals surface area contributed by atoms with Crippen LogP contribution in [0.15, 0.2) is 57.9 Å². The molecule has 0 unspecified atom stereocenters. The third-order valence-electron chi connectivity index (χ3n) is 3.51. The van der Waals surface area contributed by atoms with E-state index in [1.165, 1.54) is 36.4 Å². The van der Waals surface area contributed by atoms with Crippen molar-refractivity contribution in [2.75, 3.05) is 6.26 Å². The number of carbonyl (C=O) groups is 1. The molecule has 0 bridgehead atoms. The normalized spacial score (nSPS) is 11.4. The Balaban J connectivity index is 2.15. The summed E-state index contributed by atoms with van der Waals surface area (Å²) < 4.78 is 41.3. The molecule has 0 amide bonds. The van der Waals surface area contributed by atoms with E-state index in [4.69, 9.17) is 4.52 Å². The van der Waals surface area contributed by atoms with E-state index in [1.54, 1.807) is 12.1 Å². The number of hydrogen-bond acceptors (Lipinski definition) is 5. The maximum Gasteiger partial charge on any atom is 0.207 e. The van der Waals surface area contributed by atoms with Crippen LogP contribution >= 0.6 is 0 Å². The second-order valence-electron chi connectivity index (χ2n) is 5.19. The third kappa shape index (κ3) is 2.98. The van der Waals surface area contributed by atoms with Crippen molar-refractivity contribution in [2.45, 2.75) is 4.90 Å². The fraction of sp³-hybridized carbons (Fsp3) is 0.0588. The predicted octanol–water partition coefficient (Wildman–Crippen LogP) is 3.36. The SMILES string of the molecule is CS(=O)(=O)c1ccc(-c2c(-c3ccc(F)cc3)noc2C=O)cc1. The Morgan fingerprint density at radius 2 is 1.58 bits per heavy atom. The van der Waals surface area contributed by atoms with E-state index in [-0.39, 0.29) is 10.7 Å². The lowest BCUT2D eigenvalue weighted by Crippen LogP contribution is -1.96. The zero-order valence-corrected chi connectivity index (χ0v) is 13.4. The molecular weight excluding hydrogens is 333 g/mol. The number of nitrogens with zero attached hydrogens (tertiary/aromatic N) is 1. The van der Waals surface area contributed by atoms with Crippen molar-refractivity contribution in [1.29, 1.82) is 0 Å². The molecule has 24 heavy (non-hydrogen) atoms. The van der Waals surface area contributed by atoms with Crippen LogP contribution in [0.25, 0.3) is 22.4 Å². The fourth-order valence-corrected chi connectivity index (χ4v) is 2.97. The molecule has 0 N–H and O–H groups in total. The van der Waals surface area contributed by atoms with Crippen molar-refractivity contribution in [3.8, 4) is 22.4 Å². The molecule has 0 saturated heterocycles. The van der Waals surface area contributed by atoms with Gasteiger partial charge < -0.3 is 4.52 Å². The van der Waals surface area contributed by atoms with Gasteiger partial charge in [0.1, 0.15) is 11.5 Å². The monoisotopic (exact) mass is 345 g/mol. The summed E-state index contributed by atoms with van der Waals surface area (Å²) in [5.74, 6) is -0.377. The number of hydrogen-bond donors (Lipinski definition) is 0.